The van der Waals surface area contributed by atoms with Crippen LogP contribution in [0.5, 0.6) is 11.5 Å². The molecule has 4 heteroatoms. The topological polar surface area (TPSA) is 59.7 Å². The highest BCUT2D eigenvalue weighted by atomic mass is 16.5. The van der Waals surface area contributed by atoms with E-state index in [2.05, 4.69) is 0 Å². The van der Waals surface area contributed by atoms with Gasteiger partial charge < -0.3 is 14.3 Å². The maximum absolute atomic E-state index is 12.5. The Kier molecular flexibility index (Phi) is 3.93. The first-order chi connectivity index (χ1) is 12.7. The minimum absolute atomic E-state index is 0.147. The second kappa shape index (κ2) is 6.41. The van der Waals surface area contributed by atoms with Gasteiger partial charge in [-0.15, -0.1) is 0 Å². The smallest absolute Gasteiger partial charge is 0.344 e. The van der Waals surface area contributed by atoms with Crippen LogP contribution in [0.15, 0.2) is 82.0 Å². The molecule has 0 saturated carbocycles. The number of phenolic OH excluding ortho intramolecular Hbond substituents is 1. The first-order valence-corrected chi connectivity index (χ1v) is 8.16. The summed E-state index contributed by atoms with van der Waals surface area (Å²) in [6, 6.07) is 21.8. The molecule has 1 heterocycles. The maximum atomic E-state index is 12.5. The van der Waals surface area contributed by atoms with Crippen molar-refractivity contribution in [1.29, 1.82) is 0 Å². The lowest BCUT2D eigenvalue weighted by molar-refractivity contribution is 0.414. The van der Waals surface area contributed by atoms with Gasteiger partial charge >= 0.3 is 5.63 Å². The van der Waals surface area contributed by atoms with Gasteiger partial charge in [-0.05, 0) is 41.0 Å². The molecule has 4 aromatic rings. The lowest BCUT2D eigenvalue weighted by Crippen LogP contribution is -2.03. The van der Waals surface area contributed by atoms with E-state index in [-0.39, 0.29) is 5.75 Å². The maximum Gasteiger partial charge on any atom is 0.344 e. The largest absolute Gasteiger partial charge is 0.508 e. The number of rotatable bonds is 3. The normalized spacial score (nSPS) is 10.8. The number of fused-ring (bicyclic) bond motifs is 1. The molecule has 0 spiro atoms. The summed E-state index contributed by atoms with van der Waals surface area (Å²) in [5, 5.41) is 10.3. The van der Waals surface area contributed by atoms with Gasteiger partial charge in [0.25, 0.3) is 0 Å². The molecular weight excluding hydrogens is 328 g/mol. The summed E-state index contributed by atoms with van der Waals surface area (Å²) in [7, 11) is 1.58. The molecular formula is C22H16O4. The number of ether oxygens (including phenoxy) is 1. The number of methoxy groups -OCH3 is 1. The molecule has 0 fully saturated rings. The summed E-state index contributed by atoms with van der Waals surface area (Å²) in [6.45, 7) is 0. The fourth-order valence-electron chi connectivity index (χ4n) is 3.01. The molecule has 0 unspecified atom stereocenters. The van der Waals surface area contributed by atoms with Crippen LogP contribution in [0, 0.1) is 0 Å². The van der Waals surface area contributed by atoms with Gasteiger partial charge in [0, 0.05) is 11.5 Å². The molecule has 0 bridgehead atoms. The first kappa shape index (κ1) is 16.0. The third kappa shape index (κ3) is 2.82. The van der Waals surface area contributed by atoms with Crippen molar-refractivity contribution in [3.63, 3.8) is 0 Å². The van der Waals surface area contributed by atoms with Gasteiger partial charge in [0.05, 0.1) is 12.7 Å². The Morgan fingerprint density at radius 2 is 1.54 bits per heavy atom. The number of benzene rings is 3. The van der Waals surface area contributed by atoms with Crippen LogP contribution in [-0.4, -0.2) is 12.2 Å². The Labute approximate surface area is 149 Å². The van der Waals surface area contributed by atoms with E-state index in [0.717, 1.165) is 16.5 Å². The summed E-state index contributed by atoms with van der Waals surface area (Å²) in [6.07, 6.45) is 0. The van der Waals surface area contributed by atoms with E-state index >= 15 is 0 Å². The number of phenols is 1. The summed E-state index contributed by atoms with van der Waals surface area (Å²) in [5.41, 5.74) is 3.09. The second-order valence-corrected chi connectivity index (χ2v) is 5.95. The summed E-state index contributed by atoms with van der Waals surface area (Å²) < 4.78 is 10.9. The van der Waals surface area contributed by atoms with Crippen LogP contribution in [-0.2, 0) is 0 Å². The lowest BCUT2D eigenvalue weighted by Gasteiger charge is -2.11. The van der Waals surface area contributed by atoms with Gasteiger partial charge in [0.1, 0.15) is 17.1 Å². The van der Waals surface area contributed by atoms with E-state index in [4.69, 9.17) is 9.15 Å². The molecule has 0 radical (unpaired) electrons. The highest BCUT2D eigenvalue weighted by Crippen LogP contribution is 2.34. The van der Waals surface area contributed by atoms with Crippen molar-refractivity contribution in [3.8, 4) is 33.8 Å². The van der Waals surface area contributed by atoms with Gasteiger partial charge in [0.2, 0.25) is 0 Å². The molecule has 3 aromatic carbocycles. The highest BCUT2D eigenvalue weighted by molar-refractivity contribution is 5.96. The zero-order chi connectivity index (χ0) is 18.1. The average Bonchev–Trinajstić information content (AvgIpc) is 2.68. The third-order valence-electron chi connectivity index (χ3n) is 4.33. The van der Waals surface area contributed by atoms with E-state index in [1.54, 1.807) is 37.4 Å². The Balaban J connectivity index is 2.02. The average molecular weight is 344 g/mol. The molecule has 0 aliphatic carbocycles. The van der Waals surface area contributed by atoms with E-state index in [1.807, 2.05) is 42.5 Å². The molecule has 1 aromatic heterocycles. The predicted molar refractivity (Wildman–Crippen MR) is 102 cm³/mol. The zero-order valence-electron chi connectivity index (χ0n) is 14.1. The standard InChI is InChI=1S/C22H16O4/c1-25-17-11-18(14-5-3-2-4-6-14)20-13-19(22(24)26-21(20)12-17)15-7-9-16(23)10-8-15/h2-13,23H,1H3. The molecule has 4 rings (SSSR count). The van der Waals surface area contributed by atoms with Crippen molar-refractivity contribution in [2.45, 2.75) is 0 Å². The summed E-state index contributed by atoms with van der Waals surface area (Å²) in [4.78, 5) is 12.5. The fraction of sp³-hybridized carbons (Fsp3) is 0.0455. The molecule has 26 heavy (non-hydrogen) atoms. The van der Waals surface area contributed by atoms with E-state index in [0.29, 0.717) is 22.5 Å². The van der Waals surface area contributed by atoms with Gasteiger partial charge in [-0.25, -0.2) is 4.79 Å². The van der Waals surface area contributed by atoms with Crippen molar-refractivity contribution in [2.75, 3.05) is 7.11 Å². The van der Waals surface area contributed by atoms with E-state index in [9.17, 15) is 9.90 Å². The van der Waals surface area contributed by atoms with Gasteiger partial charge in [-0.3, -0.25) is 0 Å². The monoisotopic (exact) mass is 344 g/mol. The van der Waals surface area contributed by atoms with Crippen molar-refractivity contribution < 1.29 is 14.3 Å². The Morgan fingerprint density at radius 1 is 0.846 bits per heavy atom. The van der Waals surface area contributed by atoms with E-state index < -0.39 is 5.63 Å². The van der Waals surface area contributed by atoms with Crippen LogP contribution in [0.1, 0.15) is 0 Å². The minimum Gasteiger partial charge on any atom is -0.508 e. The molecule has 0 saturated heterocycles. The summed E-state index contributed by atoms with van der Waals surface area (Å²) >= 11 is 0. The number of aromatic hydroxyl groups is 1. The van der Waals surface area contributed by atoms with Crippen LogP contribution >= 0.6 is 0 Å². The van der Waals surface area contributed by atoms with Crippen LogP contribution in [0.2, 0.25) is 0 Å². The van der Waals surface area contributed by atoms with Crippen molar-refractivity contribution >= 4 is 11.0 Å². The predicted octanol–water partition coefficient (Wildman–Crippen LogP) is 4.84. The third-order valence-corrected chi connectivity index (χ3v) is 4.33. The van der Waals surface area contributed by atoms with Crippen LogP contribution in [0.4, 0.5) is 0 Å². The zero-order valence-corrected chi connectivity index (χ0v) is 14.1. The van der Waals surface area contributed by atoms with E-state index in [1.165, 1.54) is 0 Å². The molecule has 0 aliphatic rings. The van der Waals surface area contributed by atoms with Crippen LogP contribution in [0.25, 0.3) is 33.2 Å². The number of hydrogen-bond donors (Lipinski definition) is 1. The second-order valence-electron chi connectivity index (χ2n) is 5.95. The van der Waals surface area contributed by atoms with Crippen molar-refractivity contribution in [1.82, 2.24) is 0 Å². The van der Waals surface area contributed by atoms with Crippen molar-refractivity contribution in [2.24, 2.45) is 0 Å². The molecule has 128 valence electrons. The van der Waals surface area contributed by atoms with Crippen LogP contribution < -0.4 is 10.4 Å². The highest BCUT2D eigenvalue weighted by Gasteiger charge is 2.13. The molecule has 0 atom stereocenters. The molecule has 4 nitrogen and oxygen atoms in total. The first-order valence-electron chi connectivity index (χ1n) is 8.16. The quantitative estimate of drug-likeness (QED) is 0.540. The molecule has 0 aliphatic heterocycles. The van der Waals surface area contributed by atoms with Crippen LogP contribution in [0.3, 0.4) is 0 Å². The SMILES string of the molecule is COc1cc(-c2ccccc2)c2cc(-c3ccc(O)cc3)c(=O)oc2c1. The van der Waals surface area contributed by atoms with Gasteiger partial charge in [0.15, 0.2) is 0 Å². The van der Waals surface area contributed by atoms with Gasteiger partial charge in [-0.2, -0.15) is 0 Å². The Morgan fingerprint density at radius 3 is 2.23 bits per heavy atom. The van der Waals surface area contributed by atoms with Gasteiger partial charge in [-0.1, -0.05) is 42.5 Å². The fourth-order valence-corrected chi connectivity index (χ4v) is 3.01. The lowest BCUT2D eigenvalue weighted by atomic mass is 9.98. The van der Waals surface area contributed by atoms with Crippen molar-refractivity contribution in [3.05, 3.63) is 83.2 Å². The summed E-state index contributed by atoms with van der Waals surface area (Å²) in [5.74, 6) is 0.769. The Bertz CT molecular complexity index is 1130. The minimum atomic E-state index is -0.435. The number of hydrogen-bond acceptors (Lipinski definition) is 4. The Hall–Kier alpha value is -3.53. The molecule has 0 amide bonds. The molecule has 1 N–H and O–H groups in total.